The van der Waals surface area contributed by atoms with Crippen LogP contribution in [-0.2, 0) is 14.4 Å². The Hall–Kier alpha value is -3.38. The summed E-state index contributed by atoms with van der Waals surface area (Å²) in [6, 6.07) is 7.27. The summed E-state index contributed by atoms with van der Waals surface area (Å²) in [7, 11) is 0. The lowest BCUT2D eigenvalue weighted by Gasteiger charge is -2.70. The van der Waals surface area contributed by atoms with Crippen LogP contribution in [0.5, 0.6) is 0 Å². The monoisotopic (exact) mass is 656 g/mol. The molecule has 6 nitrogen and oxygen atoms in total. The molecule has 5 aliphatic carbocycles. The fourth-order valence-electron chi connectivity index (χ4n) is 10.0. The lowest BCUT2D eigenvalue weighted by atomic mass is 9.34. The van der Waals surface area contributed by atoms with Crippen molar-refractivity contribution in [3.63, 3.8) is 0 Å². The summed E-state index contributed by atoms with van der Waals surface area (Å²) in [5, 5.41) is 17.1. The molecule has 0 unspecified atom stereocenters. The van der Waals surface area contributed by atoms with Gasteiger partial charge in [-0.1, -0.05) is 76.1 Å². The molecule has 0 radical (unpaired) electrons. The lowest BCUT2D eigenvalue weighted by Crippen LogP contribution is -2.62. The third-order valence-corrected chi connectivity index (χ3v) is 13.7. The maximum Gasteiger partial charge on any atom is 0.244 e. The summed E-state index contributed by atoms with van der Waals surface area (Å²) in [5.41, 5.74) is 4.28. The highest BCUT2D eigenvalue weighted by atomic mass is 35.5. The average Bonchev–Trinajstić information content (AvgIpc) is 3.04. The molecule has 3 saturated carbocycles. The number of carbonyl (C=O) groups excluding carboxylic acids is 3. The number of halogens is 1. The Kier molecular flexibility index (Phi) is 8.31. The SMILES string of the molecule is CC1=C(O)C(=O)C=C2C1=CC=C1[C@@]2(C)CC[C@@]2(C)[C@@H]3C[C@](C)(C(=O)NCCNC(=O)/C=C/c4ccc(Cl)cc4)CC[C@]3(C)CC[C@]12C. The Morgan fingerprint density at radius 1 is 0.936 bits per heavy atom. The first-order valence-corrected chi connectivity index (χ1v) is 17.5. The largest absolute Gasteiger partial charge is 0.504 e. The molecule has 5 aliphatic rings. The van der Waals surface area contributed by atoms with Crippen LogP contribution >= 0.6 is 11.6 Å². The fourth-order valence-corrected chi connectivity index (χ4v) is 10.2. The van der Waals surface area contributed by atoms with Crippen LogP contribution in [0.15, 0.2) is 76.6 Å². The number of allylic oxidation sites excluding steroid dienone is 7. The van der Waals surface area contributed by atoms with E-state index in [1.807, 2.05) is 19.1 Å². The van der Waals surface area contributed by atoms with E-state index in [1.54, 1.807) is 24.3 Å². The van der Waals surface area contributed by atoms with Gasteiger partial charge in [-0.05, 0) is 115 Å². The van der Waals surface area contributed by atoms with Crippen molar-refractivity contribution in [1.82, 2.24) is 10.6 Å². The van der Waals surface area contributed by atoms with E-state index in [2.05, 4.69) is 57.4 Å². The van der Waals surface area contributed by atoms with Crippen molar-refractivity contribution in [3.8, 4) is 0 Å². The standard InChI is InChI=1S/C40H49ClN2O4/c1-25-28-12-13-31-38(4,29(28)23-30(44)34(25)46)18-20-40(6)32-24-37(3,16-15-36(32,2)17-19-39(31,40)5)35(47)43-22-21-42-33(45)14-9-26-7-10-27(41)11-8-26/h7-14,23,32,46H,15-22,24H2,1-6H3,(H,42,45)(H,43,47)/b14-9+/t32-,36-,37-,38+,39-,40+/m1/s1. The highest BCUT2D eigenvalue weighted by Crippen LogP contribution is 2.75. The molecule has 1 aromatic carbocycles. The lowest BCUT2D eigenvalue weighted by molar-refractivity contribution is -0.169. The van der Waals surface area contributed by atoms with Gasteiger partial charge in [0, 0.05) is 40.6 Å². The van der Waals surface area contributed by atoms with Gasteiger partial charge < -0.3 is 15.7 Å². The summed E-state index contributed by atoms with van der Waals surface area (Å²) in [6.07, 6.45) is 16.2. The second kappa shape index (κ2) is 11.6. The second-order valence-corrected chi connectivity index (χ2v) is 16.5. The molecule has 0 saturated heterocycles. The van der Waals surface area contributed by atoms with E-state index in [4.69, 9.17) is 11.6 Å². The molecular formula is C40H49ClN2O4. The molecular weight excluding hydrogens is 608 g/mol. The van der Waals surface area contributed by atoms with Gasteiger partial charge in [-0.25, -0.2) is 0 Å². The number of nitrogens with one attached hydrogen (secondary N) is 2. The molecule has 47 heavy (non-hydrogen) atoms. The molecule has 0 aliphatic heterocycles. The van der Waals surface area contributed by atoms with E-state index >= 15 is 0 Å². The van der Waals surface area contributed by atoms with Crippen LogP contribution in [0.4, 0.5) is 0 Å². The zero-order valence-corrected chi connectivity index (χ0v) is 29.4. The molecule has 0 heterocycles. The first-order chi connectivity index (χ1) is 22.1. The number of rotatable bonds is 6. The zero-order chi connectivity index (χ0) is 34.0. The van der Waals surface area contributed by atoms with Gasteiger partial charge in [-0.2, -0.15) is 0 Å². The highest BCUT2D eigenvalue weighted by molar-refractivity contribution is 6.30. The molecule has 7 heteroatoms. The quantitative estimate of drug-likeness (QED) is 0.212. The minimum absolute atomic E-state index is 0.0186. The minimum Gasteiger partial charge on any atom is -0.504 e. The predicted octanol–water partition coefficient (Wildman–Crippen LogP) is 8.21. The summed E-state index contributed by atoms with van der Waals surface area (Å²) >= 11 is 5.93. The predicted molar refractivity (Wildman–Crippen MR) is 187 cm³/mol. The van der Waals surface area contributed by atoms with E-state index in [9.17, 15) is 19.5 Å². The number of fused-ring (bicyclic) bond motifs is 7. The number of benzene rings is 1. The first-order valence-electron chi connectivity index (χ1n) is 17.2. The van der Waals surface area contributed by atoms with Crippen LogP contribution < -0.4 is 10.6 Å². The second-order valence-electron chi connectivity index (χ2n) is 16.0. The van der Waals surface area contributed by atoms with Gasteiger partial charge >= 0.3 is 0 Å². The smallest absolute Gasteiger partial charge is 0.244 e. The van der Waals surface area contributed by atoms with Gasteiger partial charge in [0.25, 0.3) is 0 Å². The number of hydrogen-bond donors (Lipinski definition) is 3. The molecule has 6 rings (SSSR count). The summed E-state index contributed by atoms with van der Waals surface area (Å²) in [4.78, 5) is 39.0. The normalized spacial score (nSPS) is 36.3. The Bertz CT molecular complexity index is 1680. The summed E-state index contributed by atoms with van der Waals surface area (Å²) in [6.45, 7) is 14.4. The third-order valence-electron chi connectivity index (χ3n) is 13.4. The number of carbonyl (C=O) groups is 3. The third kappa shape index (κ3) is 5.35. The van der Waals surface area contributed by atoms with Gasteiger partial charge in [0.1, 0.15) is 0 Å². The summed E-state index contributed by atoms with van der Waals surface area (Å²) in [5.74, 6) is -0.217. The Morgan fingerprint density at radius 3 is 2.34 bits per heavy atom. The van der Waals surface area contributed by atoms with Gasteiger partial charge in [-0.15, -0.1) is 0 Å². The van der Waals surface area contributed by atoms with Gasteiger partial charge in [0.2, 0.25) is 17.6 Å². The van der Waals surface area contributed by atoms with Crippen LogP contribution in [0.2, 0.25) is 5.02 Å². The molecule has 250 valence electrons. The van der Waals surface area contributed by atoms with Crippen LogP contribution in [0.3, 0.4) is 0 Å². The van der Waals surface area contributed by atoms with E-state index in [-0.39, 0.29) is 45.0 Å². The van der Waals surface area contributed by atoms with Crippen molar-refractivity contribution in [3.05, 3.63) is 87.2 Å². The topological polar surface area (TPSA) is 95.5 Å². The van der Waals surface area contributed by atoms with Crippen LogP contribution in [0, 0.1) is 33.0 Å². The number of ketones is 1. The Morgan fingerprint density at radius 2 is 1.62 bits per heavy atom. The fraction of sp³-hybridized carbons (Fsp3) is 0.525. The van der Waals surface area contributed by atoms with E-state index in [1.165, 1.54) is 11.6 Å². The van der Waals surface area contributed by atoms with Crippen LogP contribution in [0.1, 0.15) is 92.1 Å². The average molecular weight is 657 g/mol. The maximum absolute atomic E-state index is 13.8. The molecule has 0 bridgehead atoms. The molecule has 3 N–H and O–H groups in total. The number of aliphatic hydroxyl groups excluding tert-OH is 1. The van der Waals surface area contributed by atoms with E-state index in [0.29, 0.717) is 29.6 Å². The number of hydrogen-bond acceptors (Lipinski definition) is 4. The number of aliphatic hydroxyl groups is 1. The van der Waals surface area contributed by atoms with Crippen molar-refractivity contribution in [2.45, 2.75) is 86.5 Å². The van der Waals surface area contributed by atoms with E-state index in [0.717, 1.165) is 61.7 Å². The van der Waals surface area contributed by atoms with Crippen LogP contribution in [0.25, 0.3) is 6.08 Å². The molecule has 3 fully saturated rings. The highest BCUT2D eigenvalue weighted by Gasteiger charge is 2.67. The molecule has 2 amide bonds. The van der Waals surface area contributed by atoms with Crippen molar-refractivity contribution >= 4 is 35.3 Å². The Labute approximate surface area is 284 Å². The van der Waals surface area contributed by atoms with Crippen molar-refractivity contribution in [2.75, 3.05) is 13.1 Å². The van der Waals surface area contributed by atoms with Gasteiger partial charge in [-0.3, -0.25) is 14.4 Å². The molecule has 6 atom stereocenters. The van der Waals surface area contributed by atoms with Crippen molar-refractivity contribution < 1.29 is 19.5 Å². The maximum atomic E-state index is 13.8. The van der Waals surface area contributed by atoms with Crippen LogP contribution in [-0.4, -0.2) is 35.8 Å². The number of amides is 2. The Balaban J connectivity index is 1.16. The van der Waals surface area contributed by atoms with Gasteiger partial charge in [0.05, 0.1) is 0 Å². The van der Waals surface area contributed by atoms with E-state index < -0.39 is 5.41 Å². The zero-order valence-electron chi connectivity index (χ0n) is 28.7. The van der Waals surface area contributed by atoms with Crippen molar-refractivity contribution in [1.29, 1.82) is 0 Å². The van der Waals surface area contributed by atoms with Gasteiger partial charge in [0.15, 0.2) is 5.76 Å². The molecule has 0 aromatic heterocycles. The first kappa shape index (κ1) is 33.5. The summed E-state index contributed by atoms with van der Waals surface area (Å²) < 4.78 is 0. The minimum atomic E-state index is -0.490. The molecule has 1 aromatic rings. The van der Waals surface area contributed by atoms with Crippen molar-refractivity contribution in [2.24, 2.45) is 33.0 Å². The molecule has 0 spiro atoms.